The fraction of sp³-hybridized carbons (Fsp3) is 0.158. The molecular weight excluding hydrogens is 414 g/mol. The molecule has 1 aromatic carbocycles. The summed E-state index contributed by atoms with van der Waals surface area (Å²) < 4.78 is 27.2. The van der Waals surface area contributed by atoms with Crippen LogP contribution in [0.2, 0.25) is 5.02 Å². The summed E-state index contributed by atoms with van der Waals surface area (Å²) in [4.78, 5) is 17.2. The number of fused-ring (bicyclic) bond motifs is 3. The van der Waals surface area contributed by atoms with Gasteiger partial charge in [-0.05, 0) is 36.4 Å². The molecule has 0 saturated heterocycles. The van der Waals surface area contributed by atoms with Crippen molar-refractivity contribution in [2.45, 2.75) is 6.54 Å². The fourth-order valence-electron chi connectivity index (χ4n) is 3.22. The number of sulfonamides is 1. The molecule has 0 unspecified atom stereocenters. The zero-order valence-electron chi connectivity index (χ0n) is 15.4. The molecule has 10 heteroatoms. The van der Waals surface area contributed by atoms with Gasteiger partial charge < -0.3 is 15.2 Å². The summed E-state index contributed by atoms with van der Waals surface area (Å²) in [6.07, 6.45) is 4.53. The highest BCUT2D eigenvalue weighted by molar-refractivity contribution is 7.92. The normalized spacial score (nSPS) is 12.9. The average molecular weight is 432 g/mol. The number of benzene rings is 1. The van der Waals surface area contributed by atoms with Crippen LogP contribution in [0.25, 0.3) is 11.4 Å². The van der Waals surface area contributed by atoms with Crippen LogP contribution in [0.4, 0.5) is 17.1 Å². The number of anilines is 3. The molecule has 0 radical (unpaired) electrons. The largest absolute Gasteiger partial charge is 0.381 e. The Morgan fingerprint density at radius 2 is 2.03 bits per heavy atom. The number of hydrogen-bond acceptors (Lipinski definition) is 5. The molecule has 0 fully saturated rings. The van der Waals surface area contributed by atoms with E-state index in [1.54, 1.807) is 24.5 Å². The number of halogens is 1. The lowest BCUT2D eigenvalue weighted by atomic mass is 10.2. The standard InChI is InChI=1S/C19H18ClN5O3S/c1-29(27,28)24-15-9-13(20)8-14(10-15)23-19(26)12-7-17-18-16(3-2-4-22-18)21-5-6-25(17)11-12/h2-4,7-11,21,24H,5-6H2,1H3,(H,23,26). The molecule has 0 aliphatic carbocycles. The van der Waals surface area contributed by atoms with Gasteiger partial charge in [-0.2, -0.15) is 0 Å². The van der Waals surface area contributed by atoms with Crippen molar-refractivity contribution in [3.8, 4) is 11.4 Å². The van der Waals surface area contributed by atoms with Gasteiger partial charge in [0.05, 0.1) is 28.9 Å². The number of nitrogens with zero attached hydrogens (tertiary/aromatic N) is 2. The zero-order chi connectivity index (χ0) is 20.6. The van der Waals surface area contributed by atoms with Crippen molar-refractivity contribution in [3.05, 3.63) is 59.4 Å². The van der Waals surface area contributed by atoms with E-state index in [0.29, 0.717) is 22.8 Å². The second kappa shape index (κ2) is 7.41. The van der Waals surface area contributed by atoms with Gasteiger partial charge in [-0.15, -0.1) is 0 Å². The van der Waals surface area contributed by atoms with E-state index in [1.165, 1.54) is 12.1 Å². The third-order valence-electron chi connectivity index (χ3n) is 4.34. The summed E-state index contributed by atoms with van der Waals surface area (Å²) in [5.74, 6) is -0.330. The molecule has 1 amide bonds. The fourth-order valence-corrected chi connectivity index (χ4v) is 4.00. The van der Waals surface area contributed by atoms with E-state index in [0.717, 1.165) is 29.9 Å². The van der Waals surface area contributed by atoms with Crippen LogP contribution in [-0.4, -0.2) is 36.7 Å². The van der Waals surface area contributed by atoms with E-state index >= 15 is 0 Å². The summed E-state index contributed by atoms with van der Waals surface area (Å²) in [5, 5.41) is 6.39. The molecule has 29 heavy (non-hydrogen) atoms. The summed E-state index contributed by atoms with van der Waals surface area (Å²) >= 11 is 6.06. The van der Waals surface area contributed by atoms with E-state index < -0.39 is 10.0 Å². The number of amides is 1. The van der Waals surface area contributed by atoms with Gasteiger partial charge in [-0.1, -0.05) is 11.6 Å². The molecule has 0 spiro atoms. The zero-order valence-corrected chi connectivity index (χ0v) is 17.0. The molecule has 3 N–H and O–H groups in total. The quantitative estimate of drug-likeness (QED) is 0.588. The Labute approximate surface area is 173 Å². The summed E-state index contributed by atoms with van der Waals surface area (Å²) in [5.41, 5.74) is 3.67. The van der Waals surface area contributed by atoms with Gasteiger partial charge in [-0.25, -0.2) is 8.42 Å². The predicted octanol–water partition coefficient (Wildman–Crippen LogP) is 3.25. The molecule has 8 nitrogen and oxygen atoms in total. The minimum atomic E-state index is -3.46. The Hall–Kier alpha value is -3.04. The third-order valence-corrected chi connectivity index (χ3v) is 5.16. The van der Waals surface area contributed by atoms with Crippen LogP contribution in [-0.2, 0) is 16.6 Å². The lowest BCUT2D eigenvalue weighted by molar-refractivity contribution is 0.102. The first-order chi connectivity index (χ1) is 13.8. The number of nitrogens with one attached hydrogen (secondary N) is 3. The van der Waals surface area contributed by atoms with Crippen molar-refractivity contribution < 1.29 is 13.2 Å². The van der Waals surface area contributed by atoms with Crippen LogP contribution in [0.1, 0.15) is 10.4 Å². The average Bonchev–Trinajstić information content (AvgIpc) is 2.97. The second-order valence-corrected chi connectivity index (χ2v) is 8.88. The smallest absolute Gasteiger partial charge is 0.257 e. The van der Waals surface area contributed by atoms with Crippen LogP contribution >= 0.6 is 11.6 Å². The Balaban J connectivity index is 1.62. The van der Waals surface area contributed by atoms with E-state index in [2.05, 4.69) is 20.3 Å². The summed E-state index contributed by atoms with van der Waals surface area (Å²) in [6, 6.07) is 10.1. The number of rotatable bonds is 4. The highest BCUT2D eigenvalue weighted by Gasteiger charge is 2.19. The number of pyridine rings is 1. The van der Waals surface area contributed by atoms with Gasteiger partial charge in [0, 0.05) is 36.2 Å². The van der Waals surface area contributed by atoms with E-state index in [4.69, 9.17) is 11.6 Å². The molecule has 1 aliphatic rings. The molecule has 2 aromatic heterocycles. The monoisotopic (exact) mass is 431 g/mol. The Kier molecular flexibility index (Phi) is 4.93. The van der Waals surface area contributed by atoms with Gasteiger partial charge in [-0.3, -0.25) is 14.5 Å². The van der Waals surface area contributed by atoms with E-state index in [9.17, 15) is 13.2 Å². The maximum absolute atomic E-state index is 12.8. The van der Waals surface area contributed by atoms with Crippen LogP contribution in [0, 0.1) is 0 Å². The van der Waals surface area contributed by atoms with Crippen molar-refractivity contribution in [1.29, 1.82) is 0 Å². The van der Waals surface area contributed by atoms with Crippen LogP contribution < -0.4 is 15.4 Å². The summed E-state index contributed by atoms with van der Waals surface area (Å²) in [7, 11) is -3.46. The van der Waals surface area contributed by atoms with Crippen molar-refractivity contribution in [2.75, 3.05) is 28.2 Å². The Morgan fingerprint density at radius 1 is 1.24 bits per heavy atom. The summed E-state index contributed by atoms with van der Waals surface area (Å²) in [6.45, 7) is 1.41. The third kappa shape index (κ3) is 4.36. The van der Waals surface area contributed by atoms with Crippen molar-refractivity contribution >= 4 is 44.6 Å². The topological polar surface area (TPSA) is 105 Å². The van der Waals surface area contributed by atoms with Gasteiger partial charge in [0.15, 0.2) is 0 Å². The number of aromatic nitrogens is 2. The molecular formula is C19H18ClN5O3S. The molecule has 0 atom stereocenters. The van der Waals surface area contributed by atoms with Crippen molar-refractivity contribution in [1.82, 2.24) is 9.55 Å². The number of carbonyl (C=O) groups excluding carboxylic acids is 1. The van der Waals surface area contributed by atoms with E-state index in [1.807, 2.05) is 16.7 Å². The first kappa shape index (κ1) is 19.3. The molecule has 0 bridgehead atoms. The van der Waals surface area contributed by atoms with Crippen molar-refractivity contribution in [2.24, 2.45) is 0 Å². The van der Waals surface area contributed by atoms with Crippen LogP contribution in [0.3, 0.4) is 0 Å². The number of carbonyl (C=O) groups is 1. The molecule has 3 aromatic rings. The lowest BCUT2D eigenvalue weighted by Crippen LogP contribution is -2.13. The van der Waals surface area contributed by atoms with E-state index in [-0.39, 0.29) is 11.6 Å². The maximum atomic E-state index is 12.8. The molecule has 4 rings (SSSR count). The maximum Gasteiger partial charge on any atom is 0.257 e. The molecule has 3 heterocycles. The van der Waals surface area contributed by atoms with Gasteiger partial charge >= 0.3 is 0 Å². The lowest BCUT2D eigenvalue weighted by Gasteiger charge is -2.09. The van der Waals surface area contributed by atoms with Crippen LogP contribution in [0.15, 0.2) is 48.8 Å². The highest BCUT2D eigenvalue weighted by Crippen LogP contribution is 2.30. The van der Waals surface area contributed by atoms with Gasteiger partial charge in [0.2, 0.25) is 10.0 Å². The van der Waals surface area contributed by atoms with Gasteiger partial charge in [0.1, 0.15) is 5.69 Å². The molecule has 150 valence electrons. The Morgan fingerprint density at radius 3 is 2.83 bits per heavy atom. The molecule has 1 aliphatic heterocycles. The SMILES string of the molecule is CS(=O)(=O)Nc1cc(Cl)cc(NC(=O)c2cc3n(c2)CCNc2cccnc2-3)c1. The Bertz CT molecular complexity index is 1210. The minimum Gasteiger partial charge on any atom is -0.381 e. The first-order valence-electron chi connectivity index (χ1n) is 8.78. The predicted molar refractivity (Wildman–Crippen MR) is 114 cm³/mol. The highest BCUT2D eigenvalue weighted by atomic mass is 35.5. The number of hydrogen-bond donors (Lipinski definition) is 3. The van der Waals surface area contributed by atoms with Crippen molar-refractivity contribution in [3.63, 3.8) is 0 Å². The molecule has 0 saturated carbocycles. The van der Waals surface area contributed by atoms with Crippen LogP contribution in [0.5, 0.6) is 0 Å². The van der Waals surface area contributed by atoms with Gasteiger partial charge in [0.25, 0.3) is 5.91 Å². The first-order valence-corrected chi connectivity index (χ1v) is 11.0. The minimum absolute atomic E-state index is 0.271. The second-order valence-electron chi connectivity index (χ2n) is 6.69.